The van der Waals surface area contributed by atoms with E-state index < -0.39 is 5.82 Å². The van der Waals surface area contributed by atoms with Gasteiger partial charge in [0.25, 0.3) is 0 Å². The van der Waals surface area contributed by atoms with Crippen molar-refractivity contribution in [2.24, 2.45) is 0 Å². The smallest absolute Gasteiger partial charge is 0.174 e. The molecule has 0 saturated heterocycles. The molecule has 1 aromatic carbocycles. The van der Waals surface area contributed by atoms with Gasteiger partial charge in [0.2, 0.25) is 0 Å². The van der Waals surface area contributed by atoms with Gasteiger partial charge in [-0.25, -0.2) is 4.39 Å². The summed E-state index contributed by atoms with van der Waals surface area (Å²) < 4.78 is 12.9. The van der Waals surface area contributed by atoms with E-state index in [9.17, 15) is 9.18 Å². The summed E-state index contributed by atoms with van der Waals surface area (Å²) in [5.74, 6) is -0.367. The van der Waals surface area contributed by atoms with Crippen molar-refractivity contribution in [2.45, 2.75) is 0 Å². The van der Waals surface area contributed by atoms with Crippen molar-refractivity contribution in [3.8, 4) is 0 Å². The van der Waals surface area contributed by atoms with Gasteiger partial charge in [0.15, 0.2) is 5.78 Å². The van der Waals surface area contributed by atoms with E-state index >= 15 is 0 Å². The van der Waals surface area contributed by atoms with Crippen molar-refractivity contribution in [2.75, 3.05) is 12.0 Å². The van der Waals surface area contributed by atoms with E-state index in [2.05, 4.69) is 0 Å². The van der Waals surface area contributed by atoms with E-state index in [1.165, 1.54) is 30.0 Å². The molecule has 0 aliphatic heterocycles. The molecule has 4 heteroatoms. The quantitative estimate of drug-likeness (QED) is 0.726. The molecular weight excluding hydrogens is 211 g/mol. The van der Waals surface area contributed by atoms with E-state index in [1.807, 2.05) is 6.26 Å². The molecule has 0 heterocycles. The predicted molar refractivity (Wildman–Crippen MR) is 54.1 cm³/mol. The van der Waals surface area contributed by atoms with Crippen LogP contribution in [0.5, 0.6) is 0 Å². The Balaban J connectivity index is 3.01. The Hall–Kier alpha value is -0.540. The molecule has 13 heavy (non-hydrogen) atoms. The van der Waals surface area contributed by atoms with Crippen molar-refractivity contribution in [3.05, 3.63) is 34.6 Å². The average Bonchev–Trinajstić information content (AvgIpc) is 2.10. The van der Waals surface area contributed by atoms with E-state index in [0.29, 0.717) is 5.75 Å². The number of carbonyl (C=O) groups excluding carboxylic acids is 1. The van der Waals surface area contributed by atoms with Gasteiger partial charge in [-0.2, -0.15) is 11.8 Å². The van der Waals surface area contributed by atoms with Crippen molar-refractivity contribution >= 4 is 29.1 Å². The third-order valence-corrected chi connectivity index (χ3v) is 2.46. The van der Waals surface area contributed by atoms with Crippen LogP contribution in [-0.4, -0.2) is 17.8 Å². The molecule has 1 aromatic rings. The van der Waals surface area contributed by atoms with Crippen LogP contribution >= 0.6 is 23.4 Å². The summed E-state index contributed by atoms with van der Waals surface area (Å²) in [6.07, 6.45) is 1.81. The number of Topliss-reactive ketones (excluding diaryl/α,β-unsaturated/α-hetero) is 1. The fourth-order valence-electron chi connectivity index (χ4n) is 0.928. The van der Waals surface area contributed by atoms with E-state index in [1.54, 1.807) is 0 Å². The molecule has 0 radical (unpaired) electrons. The normalized spacial score (nSPS) is 10.1. The monoisotopic (exact) mass is 218 g/mol. The molecule has 70 valence electrons. The van der Waals surface area contributed by atoms with Crippen LogP contribution in [0, 0.1) is 5.82 Å². The Labute approximate surface area is 85.3 Å². The summed E-state index contributed by atoms with van der Waals surface area (Å²) in [7, 11) is 0. The lowest BCUT2D eigenvalue weighted by molar-refractivity contribution is 0.102. The van der Waals surface area contributed by atoms with E-state index in [0.717, 1.165) is 0 Å². The highest BCUT2D eigenvalue weighted by molar-refractivity contribution is 7.99. The molecule has 0 amide bonds. The number of carbonyl (C=O) groups is 1. The second kappa shape index (κ2) is 4.63. The Morgan fingerprint density at radius 1 is 1.62 bits per heavy atom. The SMILES string of the molecule is CSCC(=O)c1cccc(F)c1Cl. The summed E-state index contributed by atoms with van der Waals surface area (Å²) >= 11 is 7.01. The van der Waals surface area contributed by atoms with Gasteiger partial charge in [-0.1, -0.05) is 17.7 Å². The van der Waals surface area contributed by atoms with Gasteiger partial charge < -0.3 is 0 Å². The largest absolute Gasteiger partial charge is 0.293 e. The minimum absolute atomic E-state index is 0.0819. The van der Waals surface area contributed by atoms with Crippen LogP contribution in [0.3, 0.4) is 0 Å². The highest BCUT2D eigenvalue weighted by atomic mass is 35.5. The standard InChI is InChI=1S/C9H8ClFOS/c1-13-5-8(12)6-3-2-4-7(11)9(6)10/h2-4H,5H2,1H3. The summed E-state index contributed by atoms with van der Waals surface area (Å²) in [6, 6.07) is 4.25. The zero-order valence-electron chi connectivity index (χ0n) is 7.01. The summed E-state index contributed by atoms with van der Waals surface area (Å²) in [4.78, 5) is 11.3. The Kier molecular flexibility index (Phi) is 3.75. The zero-order chi connectivity index (χ0) is 9.84. The lowest BCUT2D eigenvalue weighted by Gasteiger charge is -2.01. The molecule has 0 atom stereocenters. The molecule has 0 saturated carbocycles. The molecule has 0 aliphatic rings. The minimum Gasteiger partial charge on any atom is -0.293 e. The fraction of sp³-hybridized carbons (Fsp3) is 0.222. The van der Waals surface area contributed by atoms with Gasteiger partial charge in [-0.05, 0) is 18.4 Å². The highest BCUT2D eigenvalue weighted by Gasteiger charge is 2.12. The van der Waals surface area contributed by atoms with E-state index in [4.69, 9.17) is 11.6 Å². The Morgan fingerprint density at radius 2 is 2.31 bits per heavy atom. The first-order valence-corrected chi connectivity index (χ1v) is 5.40. The van der Waals surface area contributed by atoms with Gasteiger partial charge in [0, 0.05) is 5.56 Å². The summed E-state index contributed by atoms with van der Waals surface area (Å²) in [5.41, 5.74) is 0.260. The number of halogens is 2. The van der Waals surface area contributed by atoms with Crippen LogP contribution in [0.15, 0.2) is 18.2 Å². The minimum atomic E-state index is -0.548. The maximum Gasteiger partial charge on any atom is 0.174 e. The first kappa shape index (κ1) is 10.5. The van der Waals surface area contributed by atoms with Crippen LogP contribution in [0.25, 0.3) is 0 Å². The van der Waals surface area contributed by atoms with Crippen LogP contribution in [-0.2, 0) is 0 Å². The van der Waals surface area contributed by atoms with Crippen molar-refractivity contribution in [3.63, 3.8) is 0 Å². The zero-order valence-corrected chi connectivity index (χ0v) is 8.58. The summed E-state index contributed by atoms with van der Waals surface area (Å²) in [6.45, 7) is 0. The van der Waals surface area contributed by atoms with Gasteiger partial charge in [-0.3, -0.25) is 4.79 Å². The number of benzene rings is 1. The van der Waals surface area contributed by atoms with Crippen molar-refractivity contribution in [1.82, 2.24) is 0 Å². The van der Waals surface area contributed by atoms with Gasteiger partial charge >= 0.3 is 0 Å². The Bertz CT molecular complexity index is 327. The predicted octanol–water partition coefficient (Wildman–Crippen LogP) is 3.02. The second-order valence-corrected chi connectivity index (χ2v) is 3.70. The molecule has 0 unspecified atom stereocenters. The van der Waals surface area contributed by atoms with Crippen molar-refractivity contribution < 1.29 is 9.18 Å². The third kappa shape index (κ3) is 2.45. The maximum atomic E-state index is 12.9. The third-order valence-electron chi connectivity index (χ3n) is 1.53. The van der Waals surface area contributed by atoms with Crippen molar-refractivity contribution in [1.29, 1.82) is 0 Å². The van der Waals surface area contributed by atoms with E-state index in [-0.39, 0.29) is 16.4 Å². The number of thioether (sulfide) groups is 1. The second-order valence-electron chi connectivity index (χ2n) is 2.46. The number of hydrogen-bond donors (Lipinski definition) is 0. The molecule has 0 bridgehead atoms. The molecule has 1 nitrogen and oxygen atoms in total. The molecule has 0 aromatic heterocycles. The lowest BCUT2D eigenvalue weighted by atomic mass is 10.1. The van der Waals surface area contributed by atoms with Crippen LogP contribution in [0.1, 0.15) is 10.4 Å². The average molecular weight is 219 g/mol. The van der Waals surface area contributed by atoms with Crippen LogP contribution in [0.4, 0.5) is 4.39 Å². The molecule has 0 aliphatic carbocycles. The molecule has 0 fully saturated rings. The van der Waals surface area contributed by atoms with Gasteiger partial charge in [-0.15, -0.1) is 0 Å². The van der Waals surface area contributed by atoms with Crippen LogP contribution < -0.4 is 0 Å². The number of hydrogen-bond acceptors (Lipinski definition) is 2. The lowest BCUT2D eigenvalue weighted by Crippen LogP contribution is -2.03. The molecule has 0 N–H and O–H groups in total. The molecular formula is C9H8ClFOS. The summed E-state index contributed by atoms with van der Waals surface area (Å²) in [5, 5.41) is -0.0819. The number of rotatable bonds is 3. The topological polar surface area (TPSA) is 17.1 Å². The fourth-order valence-corrected chi connectivity index (χ4v) is 1.58. The Morgan fingerprint density at radius 3 is 2.92 bits per heavy atom. The highest BCUT2D eigenvalue weighted by Crippen LogP contribution is 2.20. The maximum absolute atomic E-state index is 12.9. The molecule has 0 spiro atoms. The van der Waals surface area contributed by atoms with Gasteiger partial charge in [0.1, 0.15) is 5.82 Å². The first-order chi connectivity index (χ1) is 6.16. The first-order valence-electron chi connectivity index (χ1n) is 3.63. The van der Waals surface area contributed by atoms with Gasteiger partial charge in [0.05, 0.1) is 10.8 Å². The van der Waals surface area contributed by atoms with Crippen LogP contribution in [0.2, 0.25) is 5.02 Å². The number of ketones is 1. The molecule has 1 rings (SSSR count).